The molecule has 0 spiro atoms. The summed E-state index contributed by atoms with van der Waals surface area (Å²) >= 11 is 0. The van der Waals surface area contributed by atoms with Gasteiger partial charge < -0.3 is 10.4 Å². The Morgan fingerprint density at radius 1 is 1.36 bits per heavy atom. The van der Waals surface area contributed by atoms with Crippen molar-refractivity contribution in [2.45, 2.75) is 18.8 Å². The quantitative estimate of drug-likeness (QED) is 0.576. The van der Waals surface area contributed by atoms with Crippen molar-refractivity contribution in [3.05, 3.63) is 5.82 Å². The molecule has 0 bridgehead atoms. The Balaban J connectivity index is 2.04. The molecule has 11 heavy (non-hydrogen) atoms. The van der Waals surface area contributed by atoms with Crippen LogP contribution < -0.4 is 10.4 Å². The zero-order chi connectivity index (χ0) is 7.52. The molecule has 1 aromatic heterocycles. The predicted octanol–water partition coefficient (Wildman–Crippen LogP) is -0.704. The van der Waals surface area contributed by atoms with Crippen LogP contribution >= 0.6 is 0 Å². The third-order valence-electron chi connectivity index (χ3n) is 2.04. The Morgan fingerprint density at radius 3 is 2.82 bits per heavy atom. The van der Waals surface area contributed by atoms with Gasteiger partial charge in [-0.25, -0.2) is 0 Å². The Labute approximate surface area is 64.6 Å². The molecule has 1 aliphatic heterocycles. The lowest BCUT2D eigenvalue weighted by Gasteiger charge is -2.22. The molecular weight excluding hydrogens is 142 g/mol. The van der Waals surface area contributed by atoms with Crippen molar-refractivity contribution in [3.8, 4) is 0 Å². The first-order chi connectivity index (χ1) is 5.47. The highest BCUT2D eigenvalue weighted by Gasteiger charge is 2.13. The third-order valence-corrected chi connectivity index (χ3v) is 2.04. The molecule has 60 valence electrons. The van der Waals surface area contributed by atoms with Crippen molar-refractivity contribution in [2.24, 2.45) is 0 Å². The molecule has 0 aromatic carbocycles. The summed E-state index contributed by atoms with van der Waals surface area (Å²) < 4.78 is 0. The summed E-state index contributed by atoms with van der Waals surface area (Å²) in [4.78, 5) is 0. The number of hydrogen-bond acceptors (Lipinski definition) is 4. The van der Waals surface area contributed by atoms with E-state index in [0.29, 0.717) is 5.92 Å². The SMILES string of the molecule is C1CC(c2nnn[n-]2)CCN1. The molecule has 0 amide bonds. The van der Waals surface area contributed by atoms with Gasteiger partial charge >= 0.3 is 0 Å². The van der Waals surface area contributed by atoms with Gasteiger partial charge in [0.1, 0.15) is 0 Å². The highest BCUT2D eigenvalue weighted by atomic mass is 15.5. The highest BCUT2D eigenvalue weighted by Crippen LogP contribution is 2.19. The fourth-order valence-electron chi connectivity index (χ4n) is 1.40. The van der Waals surface area contributed by atoms with Gasteiger partial charge in [0, 0.05) is 5.82 Å². The first-order valence-corrected chi connectivity index (χ1v) is 3.86. The highest BCUT2D eigenvalue weighted by molar-refractivity contribution is 4.92. The summed E-state index contributed by atoms with van der Waals surface area (Å²) in [6.45, 7) is 2.11. The van der Waals surface area contributed by atoms with Gasteiger partial charge in [-0.15, -0.1) is 0 Å². The third kappa shape index (κ3) is 1.37. The summed E-state index contributed by atoms with van der Waals surface area (Å²) in [7, 11) is 0. The maximum atomic E-state index is 3.84. The molecule has 2 heterocycles. The molecule has 1 fully saturated rings. The Morgan fingerprint density at radius 2 is 2.18 bits per heavy atom. The fourth-order valence-corrected chi connectivity index (χ4v) is 1.40. The van der Waals surface area contributed by atoms with E-state index in [1.165, 1.54) is 0 Å². The topological polar surface area (TPSA) is 64.8 Å². The van der Waals surface area contributed by atoms with Crippen molar-refractivity contribution in [1.82, 2.24) is 25.9 Å². The lowest BCUT2D eigenvalue weighted by Crippen LogP contribution is -2.27. The van der Waals surface area contributed by atoms with Crippen molar-refractivity contribution >= 4 is 0 Å². The molecule has 1 N–H and O–H groups in total. The lowest BCUT2D eigenvalue weighted by atomic mass is 9.98. The average molecular weight is 152 g/mol. The molecule has 0 unspecified atom stereocenters. The summed E-state index contributed by atoms with van der Waals surface area (Å²) in [5.41, 5.74) is 0. The number of aromatic nitrogens is 4. The first kappa shape index (κ1) is 6.72. The van der Waals surface area contributed by atoms with Gasteiger partial charge in [-0.3, -0.25) is 10.3 Å². The number of hydrogen-bond donors (Lipinski definition) is 1. The van der Waals surface area contributed by atoms with E-state index in [1.54, 1.807) is 0 Å². The average Bonchev–Trinajstić information content (AvgIpc) is 2.58. The van der Waals surface area contributed by atoms with Crippen LogP contribution in [0, 0.1) is 0 Å². The van der Waals surface area contributed by atoms with Crippen molar-refractivity contribution in [1.29, 1.82) is 0 Å². The van der Waals surface area contributed by atoms with E-state index in [9.17, 15) is 0 Å². The normalized spacial score (nSPS) is 20.4. The second-order valence-corrected chi connectivity index (χ2v) is 2.76. The molecule has 0 atom stereocenters. The lowest BCUT2D eigenvalue weighted by molar-refractivity contribution is 0.444. The molecule has 2 rings (SSSR count). The maximum Gasteiger partial charge on any atom is 0.0131 e. The Kier molecular flexibility index (Phi) is 1.81. The van der Waals surface area contributed by atoms with Gasteiger partial charge in [0.05, 0.1) is 0 Å². The van der Waals surface area contributed by atoms with Crippen LogP contribution in [0.25, 0.3) is 0 Å². The molecule has 5 heteroatoms. The van der Waals surface area contributed by atoms with Crippen molar-refractivity contribution < 1.29 is 0 Å². The smallest absolute Gasteiger partial charge is 0.0131 e. The second-order valence-electron chi connectivity index (χ2n) is 2.76. The van der Waals surface area contributed by atoms with Crippen molar-refractivity contribution in [2.75, 3.05) is 13.1 Å². The van der Waals surface area contributed by atoms with E-state index in [4.69, 9.17) is 0 Å². The molecule has 1 saturated heterocycles. The number of nitrogens with one attached hydrogen (secondary N) is 1. The van der Waals surface area contributed by atoms with Gasteiger partial charge in [0.15, 0.2) is 0 Å². The molecule has 0 radical (unpaired) electrons. The molecule has 0 aliphatic carbocycles. The number of tetrazole rings is 1. The maximum absolute atomic E-state index is 3.84. The van der Waals surface area contributed by atoms with Crippen LogP contribution in [0.5, 0.6) is 0 Å². The van der Waals surface area contributed by atoms with Crippen LogP contribution in [0.1, 0.15) is 24.6 Å². The minimum Gasteiger partial charge on any atom is -0.335 e. The van der Waals surface area contributed by atoms with Crippen LogP contribution in [0.2, 0.25) is 0 Å². The van der Waals surface area contributed by atoms with E-state index in [0.717, 1.165) is 31.8 Å². The minimum atomic E-state index is 0.478. The number of rotatable bonds is 1. The minimum absolute atomic E-state index is 0.478. The van der Waals surface area contributed by atoms with Crippen LogP contribution in [-0.2, 0) is 0 Å². The van der Waals surface area contributed by atoms with E-state index >= 15 is 0 Å². The monoisotopic (exact) mass is 152 g/mol. The zero-order valence-corrected chi connectivity index (χ0v) is 6.19. The van der Waals surface area contributed by atoms with Gasteiger partial charge in [0.25, 0.3) is 0 Å². The first-order valence-electron chi connectivity index (χ1n) is 3.86. The van der Waals surface area contributed by atoms with E-state index in [-0.39, 0.29) is 0 Å². The van der Waals surface area contributed by atoms with Crippen molar-refractivity contribution in [3.63, 3.8) is 0 Å². The largest absolute Gasteiger partial charge is 0.335 e. The van der Waals surface area contributed by atoms with E-state index in [1.807, 2.05) is 0 Å². The summed E-state index contributed by atoms with van der Waals surface area (Å²) in [6, 6.07) is 0. The fraction of sp³-hybridized carbons (Fsp3) is 0.833. The van der Waals surface area contributed by atoms with Gasteiger partial charge in [-0.2, -0.15) is 5.21 Å². The van der Waals surface area contributed by atoms with Crippen LogP contribution in [0.15, 0.2) is 0 Å². The summed E-state index contributed by atoms with van der Waals surface area (Å²) in [5.74, 6) is 1.29. The number of nitrogens with zero attached hydrogens (tertiary/aromatic N) is 4. The summed E-state index contributed by atoms with van der Waals surface area (Å²) in [6.07, 6.45) is 2.21. The molecule has 1 aliphatic rings. The molecule has 1 aromatic rings. The second kappa shape index (κ2) is 2.96. The molecule has 0 saturated carbocycles. The zero-order valence-electron chi connectivity index (χ0n) is 6.19. The van der Waals surface area contributed by atoms with Crippen LogP contribution in [-0.4, -0.2) is 28.6 Å². The van der Waals surface area contributed by atoms with Crippen LogP contribution in [0.3, 0.4) is 0 Å². The molecular formula is C6H10N5-. The summed E-state index contributed by atoms with van der Waals surface area (Å²) in [5, 5.41) is 17.9. The van der Waals surface area contributed by atoms with Gasteiger partial charge in [0.2, 0.25) is 0 Å². The van der Waals surface area contributed by atoms with Crippen LogP contribution in [0.4, 0.5) is 0 Å². The van der Waals surface area contributed by atoms with Gasteiger partial charge in [-0.1, -0.05) is 0 Å². The predicted molar refractivity (Wildman–Crippen MR) is 38.0 cm³/mol. The van der Waals surface area contributed by atoms with E-state index in [2.05, 4.69) is 25.9 Å². The Hall–Kier alpha value is -0.970. The molecule has 5 nitrogen and oxygen atoms in total. The van der Waals surface area contributed by atoms with Gasteiger partial charge in [-0.05, 0) is 31.8 Å². The Bertz CT molecular complexity index is 201. The van der Waals surface area contributed by atoms with E-state index < -0.39 is 0 Å². The number of piperidine rings is 1. The standard InChI is InChI=1S/C6H10N5/c1-3-7-4-2-5(1)6-8-10-11-9-6/h5,7H,1-4H2/q-1.